The molecule has 0 saturated heterocycles. The monoisotopic (exact) mass is 299 g/mol. The number of rotatable bonds is 3. The zero-order chi connectivity index (χ0) is 14.4. The molecule has 1 N–H and O–H groups in total. The van der Waals surface area contributed by atoms with E-state index in [1.807, 2.05) is 29.5 Å². The summed E-state index contributed by atoms with van der Waals surface area (Å²) in [5, 5.41) is 12.4. The Bertz CT molecular complexity index is 833. The molecule has 0 spiro atoms. The van der Waals surface area contributed by atoms with Crippen LogP contribution in [0.15, 0.2) is 24.4 Å². The molecule has 7 heteroatoms. The van der Waals surface area contributed by atoms with E-state index in [2.05, 4.69) is 20.5 Å². The summed E-state index contributed by atoms with van der Waals surface area (Å²) in [5.41, 5.74) is 2.18. The van der Waals surface area contributed by atoms with Gasteiger partial charge in [-0.1, -0.05) is 17.4 Å². The zero-order valence-electron chi connectivity index (χ0n) is 11.4. The number of hydrogen-bond donors (Lipinski definition) is 1. The van der Waals surface area contributed by atoms with Crippen LogP contribution in [-0.4, -0.2) is 25.5 Å². The van der Waals surface area contributed by atoms with Gasteiger partial charge in [-0.2, -0.15) is 0 Å². The number of imidazole rings is 1. The van der Waals surface area contributed by atoms with Gasteiger partial charge in [0.2, 0.25) is 5.13 Å². The SMILES string of the molecule is Cc1cccc2nc(C(=O)Nc3nnc(C4CC4)s3)cn12. The van der Waals surface area contributed by atoms with E-state index < -0.39 is 0 Å². The first-order chi connectivity index (χ1) is 10.2. The summed E-state index contributed by atoms with van der Waals surface area (Å²) in [5.74, 6) is 0.294. The molecule has 1 aliphatic carbocycles. The highest BCUT2D eigenvalue weighted by Gasteiger charge is 2.27. The third-order valence-corrected chi connectivity index (χ3v) is 4.52. The van der Waals surface area contributed by atoms with E-state index in [0.29, 0.717) is 16.7 Å². The number of fused-ring (bicyclic) bond motifs is 1. The van der Waals surface area contributed by atoms with Gasteiger partial charge in [0.15, 0.2) is 0 Å². The molecule has 1 fully saturated rings. The van der Waals surface area contributed by atoms with Crippen LogP contribution in [0.2, 0.25) is 0 Å². The molecule has 0 unspecified atom stereocenters. The molecule has 1 aliphatic rings. The third kappa shape index (κ3) is 2.29. The lowest BCUT2D eigenvalue weighted by molar-refractivity contribution is 0.102. The standard InChI is InChI=1S/C14H13N5OS/c1-8-3-2-4-11-15-10(7-19(8)11)12(20)16-14-18-17-13(21-14)9-5-6-9/h2-4,7,9H,5-6H2,1H3,(H,16,18,20). The van der Waals surface area contributed by atoms with E-state index in [0.717, 1.165) is 16.3 Å². The average molecular weight is 299 g/mol. The highest BCUT2D eigenvalue weighted by Crippen LogP contribution is 2.42. The molecule has 0 radical (unpaired) electrons. The number of pyridine rings is 1. The Balaban J connectivity index is 1.58. The number of hydrogen-bond acceptors (Lipinski definition) is 5. The highest BCUT2D eigenvalue weighted by molar-refractivity contribution is 7.15. The van der Waals surface area contributed by atoms with E-state index in [1.54, 1.807) is 6.20 Å². The summed E-state index contributed by atoms with van der Waals surface area (Å²) in [6.07, 6.45) is 4.09. The minimum Gasteiger partial charge on any atom is -0.304 e. The molecule has 0 aliphatic heterocycles. The number of amides is 1. The van der Waals surface area contributed by atoms with Gasteiger partial charge in [-0.15, -0.1) is 10.2 Å². The number of aryl methyl sites for hydroxylation is 1. The van der Waals surface area contributed by atoms with Crippen molar-refractivity contribution in [2.45, 2.75) is 25.7 Å². The van der Waals surface area contributed by atoms with E-state index in [-0.39, 0.29) is 5.91 Å². The summed E-state index contributed by atoms with van der Waals surface area (Å²) in [6.45, 7) is 1.98. The fourth-order valence-corrected chi connectivity index (χ4v) is 3.11. The quantitative estimate of drug-likeness (QED) is 0.807. The maximum absolute atomic E-state index is 12.2. The Morgan fingerprint density at radius 3 is 3.00 bits per heavy atom. The van der Waals surface area contributed by atoms with E-state index in [1.165, 1.54) is 24.2 Å². The van der Waals surface area contributed by atoms with Crippen LogP contribution in [0.5, 0.6) is 0 Å². The van der Waals surface area contributed by atoms with Gasteiger partial charge in [0.1, 0.15) is 16.3 Å². The molecular weight excluding hydrogens is 286 g/mol. The summed E-state index contributed by atoms with van der Waals surface area (Å²) in [7, 11) is 0. The van der Waals surface area contributed by atoms with Crippen molar-refractivity contribution in [1.29, 1.82) is 0 Å². The molecule has 0 bridgehead atoms. The van der Waals surface area contributed by atoms with Gasteiger partial charge in [-0.3, -0.25) is 10.1 Å². The molecule has 3 aromatic heterocycles. The van der Waals surface area contributed by atoms with Crippen LogP contribution < -0.4 is 5.32 Å². The Kier molecular flexibility index (Phi) is 2.75. The van der Waals surface area contributed by atoms with Crippen LogP contribution in [0.1, 0.15) is 39.9 Å². The lowest BCUT2D eigenvalue weighted by atomic mass is 10.4. The molecule has 0 atom stereocenters. The molecule has 21 heavy (non-hydrogen) atoms. The second-order valence-electron chi connectivity index (χ2n) is 5.20. The Hall–Kier alpha value is -2.28. The van der Waals surface area contributed by atoms with Crippen LogP contribution in [0.25, 0.3) is 5.65 Å². The van der Waals surface area contributed by atoms with Gasteiger partial charge >= 0.3 is 0 Å². The van der Waals surface area contributed by atoms with Gasteiger partial charge in [0, 0.05) is 17.8 Å². The lowest BCUT2D eigenvalue weighted by Gasteiger charge is -1.96. The van der Waals surface area contributed by atoms with Crippen molar-refractivity contribution in [3.63, 3.8) is 0 Å². The summed E-state index contributed by atoms with van der Waals surface area (Å²) < 4.78 is 1.89. The second-order valence-corrected chi connectivity index (χ2v) is 6.20. The van der Waals surface area contributed by atoms with Gasteiger partial charge in [0.25, 0.3) is 5.91 Å². The molecule has 0 aromatic carbocycles. The summed E-state index contributed by atoms with van der Waals surface area (Å²) in [4.78, 5) is 16.6. The molecular formula is C14H13N5OS. The van der Waals surface area contributed by atoms with Crippen LogP contribution >= 0.6 is 11.3 Å². The first kappa shape index (κ1) is 12.5. The predicted molar refractivity (Wildman–Crippen MR) is 79.8 cm³/mol. The minimum absolute atomic E-state index is 0.253. The summed E-state index contributed by atoms with van der Waals surface area (Å²) in [6, 6.07) is 5.77. The van der Waals surface area contributed by atoms with Crippen LogP contribution in [0.4, 0.5) is 5.13 Å². The predicted octanol–water partition coefficient (Wildman–Crippen LogP) is 2.62. The van der Waals surface area contributed by atoms with Gasteiger partial charge in [-0.25, -0.2) is 4.98 Å². The zero-order valence-corrected chi connectivity index (χ0v) is 12.2. The number of anilines is 1. The molecule has 6 nitrogen and oxygen atoms in total. The van der Waals surface area contributed by atoms with Gasteiger partial charge in [0.05, 0.1) is 0 Å². The topological polar surface area (TPSA) is 72.2 Å². The smallest absolute Gasteiger partial charge is 0.277 e. The number of carbonyl (C=O) groups is 1. The number of carbonyl (C=O) groups excluding carboxylic acids is 1. The number of nitrogens with zero attached hydrogens (tertiary/aromatic N) is 4. The van der Waals surface area contributed by atoms with E-state index in [4.69, 9.17) is 0 Å². The molecule has 3 heterocycles. The van der Waals surface area contributed by atoms with E-state index in [9.17, 15) is 4.79 Å². The average Bonchev–Trinajstić information content (AvgIpc) is 3.05. The van der Waals surface area contributed by atoms with Crippen molar-refractivity contribution < 1.29 is 4.79 Å². The van der Waals surface area contributed by atoms with E-state index >= 15 is 0 Å². The van der Waals surface area contributed by atoms with Crippen molar-refractivity contribution in [3.8, 4) is 0 Å². The lowest BCUT2D eigenvalue weighted by Crippen LogP contribution is -2.12. The Morgan fingerprint density at radius 1 is 1.38 bits per heavy atom. The maximum atomic E-state index is 12.2. The summed E-state index contributed by atoms with van der Waals surface area (Å²) >= 11 is 1.45. The maximum Gasteiger partial charge on any atom is 0.277 e. The first-order valence-electron chi connectivity index (χ1n) is 6.80. The largest absolute Gasteiger partial charge is 0.304 e. The molecule has 106 valence electrons. The normalized spacial score (nSPS) is 14.5. The second kappa shape index (κ2) is 4.63. The fraction of sp³-hybridized carbons (Fsp3) is 0.286. The van der Waals surface area contributed by atoms with Gasteiger partial charge in [-0.05, 0) is 31.9 Å². The van der Waals surface area contributed by atoms with Crippen LogP contribution in [-0.2, 0) is 0 Å². The molecule has 1 saturated carbocycles. The van der Waals surface area contributed by atoms with Crippen LogP contribution in [0.3, 0.4) is 0 Å². The van der Waals surface area contributed by atoms with Crippen molar-refractivity contribution in [3.05, 3.63) is 40.8 Å². The van der Waals surface area contributed by atoms with Crippen LogP contribution in [0, 0.1) is 6.92 Å². The van der Waals surface area contributed by atoms with Crippen molar-refractivity contribution in [1.82, 2.24) is 19.6 Å². The molecule has 1 amide bonds. The van der Waals surface area contributed by atoms with Crippen molar-refractivity contribution in [2.75, 3.05) is 5.32 Å². The third-order valence-electron chi connectivity index (χ3n) is 3.52. The van der Waals surface area contributed by atoms with Gasteiger partial charge < -0.3 is 4.40 Å². The minimum atomic E-state index is -0.253. The van der Waals surface area contributed by atoms with Crippen molar-refractivity contribution in [2.24, 2.45) is 0 Å². The molecule has 3 aromatic rings. The Morgan fingerprint density at radius 2 is 2.24 bits per heavy atom. The first-order valence-corrected chi connectivity index (χ1v) is 7.62. The number of aromatic nitrogens is 4. The number of nitrogens with one attached hydrogen (secondary N) is 1. The fourth-order valence-electron chi connectivity index (χ4n) is 2.20. The molecule has 4 rings (SSSR count). The van der Waals surface area contributed by atoms with Crippen molar-refractivity contribution >= 4 is 28.0 Å². The Labute approximate surface area is 124 Å². The highest BCUT2D eigenvalue weighted by atomic mass is 32.1.